The van der Waals surface area contributed by atoms with Crippen LogP contribution in [0.4, 0.5) is 0 Å². The van der Waals surface area contributed by atoms with Crippen molar-refractivity contribution in [2.24, 2.45) is 0 Å². The third-order valence-electron chi connectivity index (χ3n) is 5.30. The van der Waals surface area contributed by atoms with Gasteiger partial charge >= 0.3 is 0 Å². The molecule has 1 saturated carbocycles. The summed E-state index contributed by atoms with van der Waals surface area (Å²) in [5.41, 5.74) is 3.24. The summed E-state index contributed by atoms with van der Waals surface area (Å²) >= 11 is 0. The summed E-state index contributed by atoms with van der Waals surface area (Å²) in [5.74, 6) is 0.626. The van der Waals surface area contributed by atoms with E-state index in [0.717, 1.165) is 29.4 Å². The largest absolute Gasteiger partial charge is 0.343 e. The lowest BCUT2D eigenvalue weighted by molar-refractivity contribution is 0.0946. The predicted molar refractivity (Wildman–Crippen MR) is 106 cm³/mol. The SMILES string of the molecule is O=C(NCc1nc(-c2ccc3c(c2)nnn3C2CCCC2)no1)c1ccccc1. The topological polar surface area (TPSA) is 98.7 Å². The molecule has 0 saturated heterocycles. The van der Waals surface area contributed by atoms with Crippen LogP contribution in [0.25, 0.3) is 22.4 Å². The van der Waals surface area contributed by atoms with E-state index in [0.29, 0.717) is 23.3 Å². The number of hydrogen-bond donors (Lipinski definition) is 1. The average Bonchev–Trinajstić information content (AvgIpc) is 3.52. The monoisotopic (exact) mass is 388 g/mol. The van der Waals surface area contributed by atoms with Crippen LogP contribution in [-0.2, 0) is 6.54 Å². The molecule has 5 rings (SSSR count). The molecule has 1 amide bonds. The van der Waals surface area contributed by atoms with Crippen LogP contribution in [0.5, 0.6) is 0 Å². The van der Waals surface area contributed by atoms with Gasteiger partial charge in [-0.25, -0.2) is 4.68 Å². The van der Waals surface area contributed by atoms with Gasteiger partial charge in [0.1, 0.15) is 5.52 Å². The molecule has 1 fully saturated rings. The molecule has 1 N–H and O–H groups in total. The molecular weight excluding hydrogens is 368 g/mol. The van der Waals surface area contributed by atoms with Gasteiger partial charge in [-0.05, 0) is 43.2 Å². The standard InChI is InChI=1S/C21H20N6O2/c28-21(14-6-2-1-3-7-14)22-13-19-23-20(25-29-19)15-10-11-18-17(12-15)24-26-27(18)16-8-4-5-9-16/h1-3,6-7,10-12,16H,4-5,8-9,13H2,(H,22,28). The van der Waals surface area contributed by atoms with Gasteiger partial charge in [0.15, 0.2) is 0 Å². The van der Waals surface area contributed by atoms with Crippen molar-refractivity contribution in [3.63, 3.8) is 0 Å². The minimum atomic E-state index is -0.185. The van der Waals surface area contributed by atoms with Gasteiger partial charge in [0.2, 0.25) is 11.7 Å². The van der Waals surface area contributed by atoms with E-state index in [9.17, 15) is 4.79 Å². The number of benzene rings is 2. The van der Waals surface area contributed by atoms with E-state index in [1.807, 2.05) is 41.1 Å². The molecule has 29 heavy (non-hydrogen) atoms. The van der Waals surface area contributed by atoms with E-state index in [-0.39, 0.29) is 12.5 Å². The Labute approximate surface area is 166 Å². The molecule has 4 aromatic rings. The third kappa shape index (κ3) is 3.49. The number of nitrogens with zero attached hydrogens (tertiary/aromatic N) is 5. The first-order valence-electron chi connectivity index (χ1n) is 9.79. The highest BCUT2D eigenvalue weighted by atomic mass is 16.5. The summed E-state index contributed by atoms with van der Waals surface area (Å²) in [6.45, 7) is 0.167. The maximum atomic E-state index is 12.1. The van der Waals surface area contributed by atoms with Gasteiger partial charge in [0, 0.05) is 11.1 Å². The van der Waals surface area contributed by atoms with Gasteiger partial charge in [-0.15, -0.1) is 5.10 Å². The lowest BCUT2D eigenvalue weighted by atomic mass is 10.1. The first kappa shape index (κ1) is 17.5. The Morgan fingerprint density at radius 1 is 1.14 bits per heavy atom. The van der Waals surface area contributed by atoms with Gasteiger partial charge in [-0.2, -0.15) is 4.98 Å². The van der Waals surface area contributed by atoms with Gasteiger partial charge in [-0.1, -0.05) is 41.4 Å². The average molecular weight is 388 g/mol. The van der Waals surface area contributed by atoms with E-state index in [1.165, 1.54) is 12.8 Å². The number of carbonyl (C=O) groups is 1. The second-order valence-electron chi connectivity index (χ2n) is 7.24. The summed E-state index contributed by atoms with van der Waals surface area (Å²) in [6, 6.07) is 15.3. The van der Waals surface area contributed by atoms with Crippen molar-refractivity contribution < 1.29 is 9.32 Å². The third-order valence-corrected chi connectivity index (χ3v) is 5.30. The van der Waals surface area contributed by atoms with Crippen LogP contribution in [0.1, 0.15) is 48.0 Å². The molecule has 0 radical (unpaired) electrons. The van der Waals surface area contributed by atoms with E-state index >= 15 is 0 Å². The fourth-order valence-corrected chi connectivity index (χ4v) is 3.79. The van der Waals surface area contributed by atoms with Crippen molar-refractivity contribution >= 4 is 16.9 Å². The minimum Gasteiger partial charge on any atom is -0.343 e. The van der Waals surface area contributed by atoms with E-state index in [4.69, 9.17) is 4.52 Å². The molecule has 8 heteroatoms. The minimum absolute atomic E-state index is 0.167. The number of rotatable bonds is 5. The smallest absolute Gasteiger partial charge is 0.251 e. The number of nitrogens with one attached hydrogen (secondary N) is 1. The number of fused-ring (bicyclic) bond motifs is 1. The van der Waals surface area contributed by atoms with Crippen molar-refractivity contribution in [2.75, 3.05) is 0 Å². The number of amides is 1. The molecule has 8 nitrogen and oxygen atoms in total. The van der Waals surface area contributed by atoms with E-state index in [1.54, 1.807) is 12.1 Å². The molecule has 2 aromatic carbocycles. The van der Waals surface area contributed by atoms with Crippen LogP contribution < -0.4 is 5.32 Å². The normalized spacial score (nSPS) is 14.5. The van der Waals surface area contributed by atoms with Crippen LogP contribution in [0.15, 0.2) is 53.1 Å². The summed E-state index contributed by atoms with van der Waals surface area (Å²) in [7, 11) is 0. The molecule has 0 bridgehead atoms. The van der Waals surface area contributed by atoms with Crippen LogP contribution >= 0.6 is 0 Å². The number of hydrogen-bond acceptors (Lipinski definition) is 6. The van der Waals surface area contributed by atoms with Crippen LogP contribution in [-0.4, -0.2) is 31.0 Å². The quantitative estimate of drug-likeness (QED) is 0.562. The number of carbonyl (C=O) groups excluding carboxylic acids is 1. The zero-order chi connectivity index (χ0) is 19.6. The van der Waals surface area contributed by atoms with Crippen molar-refractivity contribution in [1.82, 2.24) is 30.5 Å². The first-order chi connectivity index (χ1) is 14.3. The second kappa shape index (κ2) is 7.46. The van der Waals surface area contributed by atoms with Gasteiger partial charge in [-0.3, -0.25) is 4.79 Å². The Balaban J connectivity index is 1.31. The Hall–Kier alpha value is -3.55. The summed E-state index contributed by atoms with van der Waals surface area (Å²) in [6.07, 6.45) is 4.80. The molecule has 146 valence electrons. The molecule has 0 unspecified atom stereocenters. The molecule has 2 heterocycles. The van der Waals surface area contributed by atoms with Gasteiger partial charge < -0.3 is 9.84 Å². The lowest BCUT2D eigenvalue weighted by Crippen LogP contribution is -2.22. The molecule has 0 aliphatic heterocycles. The van der Waals surface area contributed by atoms with Crippen molar-refractivity contribution in [1.29, 1.82) is 0 Å². The van der Waals surface area contributed by atoms with Crippen LogP contribution in [0.3, 0.4) is 0 Å². The molecule has 0 spiro atoms. The second-order valence-corrected chi connectivity index (χ2v) is 7.24. The molecule has 2 aromatic heterocycles. The van der Waals surface area contributed by atoms with Crippen molar-refractivity contribution in [3.8, 4) is 11.4 Å². The van der Waals surface area contributed by atoms with E-state index in [2.05, 4.69) is 25.8 Å². The molecule has 1 aliphatic carbocycles. The van der Waals surface area contributed by atoms with Gasteiger partial charge in [0.05, 0.1) is 18.1 Å². The highest BCUT2D eigenvalue weighted by Crippen LogP contribution is 2.31. The Kier molecular flexibility index (Phi) is 4.51. The van der Waals surface area contributed by atoms with Crippen molar-refractivity contribution in [3.05, 3.63) is 60.0 Å². The summed E-state index contributed by atoms with van der Waals surface area (Å²) in [5, 5.41) is 15.5. The highest BCUT2D eigenvalue weighted by Gasteiger charge is 2.20. The Bertz CT molecular complexity index is 1140. The Morgan fingerprint density at radius 3 is 2.79 bits per heavy atom. The van der Waals surface area contributed by atoms with Crippen molar-refractivity contribution in [2.45, 2.75) is 38.3 Å². The fourth-order valence-electron chi connectivity index (χ4n) is 3.79. The Morgan fingerprint density at radius 2 is 1.97 bits per heavy atom. The van der Waals surface area contributed by atoms with E-state index < -0.39 is 0 Å². The predicted octanol–water partition coefficient (Wildman–Crippen LogP) is 3.53. The zero-order valence-electron chi connectivity index (χ0n) is 15.8. The van der Waals surface area contributed by atoms with Crippen LogP contribution in [0, 0.1) is 0 Å². The highest BCUT2D eigenvalue weighted by molar-refractivity contribution is 5.94. The van der Waals surface area contributed by atoms with Crippen LogP contribution in [0.2, 0.25) is 0 Å². The summed E-state index contributed by atoms with van der Waals surface area (Å²) < 4.78 is 7.32. The zero-order valence-corrected chi connectivity index (χ0v) is 15.8. The maximum absolute atomic E-state index is 12.1. The molecule has 0 atom stereocenters. The molecule has 1 aliphatic rings. The summed E-state index contributed by atoms with van der Waals surface area (Å²) in [4.78, 5) is 16.5. The molecular formula is C21H20N6O2. The number of aromatic nitrogens is 5. The lowest BCUT2D eigenvalue weighted by Gasteiger charge is -2.09. The van der Waals surface area contributed by atoms with Gasteiger partial charge in [0.25, 0.3) is 5.91 Å². The fraction of sp³-hybridized carbons (Fsp3) is 0.286. The first-order valence-corrected chi connectivity index (χ1v) is 9.79. The maximum Gasteiger partial charge on any atom is 0.251 e.